The van der Waals surface area contributed by atoms with E-state index in [0.29, 0.717) is 23.7 Å². The van der Waals surface area contributed by atoms with E-state index < -0.39 is 11.0 Å². The largest absolute Gasteiger partial charge is 0.508 e. The Labute approximate surface area is 161 Å². The number of nitro groups is 1. The monoisotopic (exact) mass is 381 g/mol. The van der Waals surface area contributed by atoms with Gasteiger partial charge in [0.05, 0.1) is 12.3 Å². The number of rotatable bonds is 5. The van der Waals surface area contributed by atoms with Crippen molar-refractivity contribution >= 4 is 28.9 Å². The molecule has 2 N–H and O–H groups in total. The molecule has 0 aromatic heterocycles. The molecule has 9 heteroatoms. The van der Waals surface area contributed by atoms with E-state index in [1.807, 2.05) is 6.92 Å². The predicted molar refractivity (Wildman–Crippen MR) is 108 cm³/mol. The molecule has 1 heterocycles. The highest BCUT2D eigenvalue weighted by Gasteiger charge is 2.34. The molecule has 9 nitrogen and oxygen atoms in total. The summed E-state index contributed by atoms with van der Waals surface area (Å²) in [5.41, 5.74) is 1.42. The maximum absolute atomic E-state index is 11.5. The predicted octanol–water partition coefficient (Wildman–Crippen LogP) is 3.41. The van der Waals surface area contributed by atoms with E-state index in [9.17, 15) is 15.2 Å². The molecule has 2 aromatic carbocycles. The van der Waals surface area contributed by atoms with Crippen LogP contribution in [0.4, 0.5) is 11.4 Å². The van der Waals surface area contributed by atoms with Gasteiger partial charge in [-0.2, -0.15) is 4.99 Å². The summed E-state index contributed by atoms with van der Waals surface area (Å²) >= 11 is 0. The smallest absolute Gasteiger partial charge is 0.307 e. The van der Waals surface area contributed by atoms with Gasteiger partial charge in [0.15, 0.2) is 5.84 Å². The molecule has 0 bridgehead atoms. The van der Waals surface area contributed by atoms with Crippen LogP contribution in [0.1, 0.15) is 13.8 Å². The Balaban J connectivity index is 1.90. The summed E-state index contributed by atoms with van der Waals surface area (Å²) < 4.78 is 5.40. The number of phenolic OH excluding ortho intramolecular Hbond substituents is 1. The molecule has 28 heavy (non-hydrogen) atoms. The van der Waals surface area contributed by atoms with Crippen LogP contribution in [0.25, 0.3) is 0 Å². The van der Waals surface area contributed by atoms with Gasteiger partial charge in [0.25, 0.3) is 5.96 Å². The third-order valence-corrected chi connectivity index (χ3v) is 3.88. The Bertz CT molecular complexity index is 949. The number of nitrogens with one attached hydrogen (secondary N) is 1. The topological polar surface area (TPSA) is 122 Å². The maximum atomic E-state index is 11.5. The maximum Gasteiger partial charge on any atom is 0.307 e. The van der Waals surface area contributed by atoms with Gasteiger partial charge in [-0.3, -0.25) is 10.1 Å². The molecule has 1 aliphatic rings. The molecular weight excluding hydrogens is 362 g/mol. The second kappa shape index (κ2) is 8.30. The standard InChI is InChI=1S/C19H19N5O4/c1-3-28-16-10-6-13(7-11-16)21-18-17(24(26)27)12(2)20-19(23-18)22-14-4-8-15(25)9-5-14/h4-11,17,25H,3H2,1-2H3,(H,21,22,23)/t17-/m0/s1. The summed E-state index contributed by atoms with van der Waals surface area (Å²) in [5.74, 6) is 1.03. The van der Waals surface area contributed by atoms with E-state index in [1.54, 1.807) is 43.3 Å². The summed E-state index contributed by atoms with van der Waals surface area (Å²) in [4.78, 5) is 23.7. The zero-order chi connectivity index (χ0) is 20.1. The van der Waals surface area contributed by atoms with Crippen LogP contribution in [-0.4, -0.2) is 40.2 Å². The molecule has 0 radical (unpaired) electrons. The lowest BCUT2D eigenvalue weighted by atomic mass is 10.1. The Morgan fingerprint density at radius 3 is 2.46 bits per heavy atom. The minimum Gasteiger partial charge on any atom is -0.508 e. The first-order chi connectivity index (χ1) is 13.5. The minimum absolute atomic E-state index is 0.0923. The van der Waals surface area contributed by atoms with Crippen molar-refractivity contribution in [3.05, 3.63) is 58.6 Å². The summed E-state index contributed by atoms with van der Waals surface area (Å²) in [6, 6.07) is 12.0. The van der Waals surface area contributed by atoms with Crippen molar-refractivity contribution in [2.75, 3.05) is 11.9 Å². The Hall–Kier alpha value is -3.75. The molecule has 0 saturated carbocycles. The van der Waals surface area contributed by atoms with Gasteiger partial charge in [0.1, 0.15) is 17.2 Å². The number of phenols is 1. The fraction of sp³-hybridized carbons (Fsp3) is 0.211. The van der Waals surface area contributed by atoms with Gasteiger partial charge in [0, 0.05) is 10.6 Å². The number of guanidine groups is 1. The van der Waals surface area contributed by atoms with Gasteiger partial charge in [-0.25, -0.2) is 9.98 Å². The van der Waals surface area contributed by atoms with E-state index in [-0.39, 0.29) is 23.3 Å². The van der Waals surface area contributed by atoms with Crippen LogP contribution in [-0.2, 0) is 0 Å². The van der Waals surface area contributed by atoms with Crippen LogP contribution in [0.5, 0.6) is 11.5 Å². The fourth-order valence-electron chi connectivity index (χ4n) is 2.60. The number of aromatic hydroxyl groups is 1. The second-order valence-electron chi connectivity index (χ2n) is 5.95. The molecule has 0 saturated heterocycles. The number of nitrogens with zero attached hydrogens (tertiary/aromatic N) is 4. The molecular formula is C19H19N5O4. The molecule has 3 rings (SSSR count). The van der Waals surface area contributed by atoms with E-state index in [1.165, 1.54) is 12.1 Å². The average Bonchev–Trinajstić information content (AvgIpc) is 2.65. The van der Waals surface area contributed by atoms with Crippen molar-refractivity contribution in [3.8, 4) is 11.5 Å². The highest BCUT2D eigenvalue weighted by molar-refractivity contribution is 6.22. The Morgan fingerprint density at radius 2 is 1.86 bits per heavy atom. The summed E-state index contributed by atoms with van der Waals surface area (Å²) in [6.45, 7) is 4.01. The number of hydrogen-bond donors (Lipinski definition) is 2. The van der Waals surface area contributed by atoms with Crippen molar-refractivity contribution in [2.24, 2.45) is 15.0 Å². The summed E-state index contributed by atoms with van der Waals surface area (Å²) in [5, 5.41) is 23.9. The normalized spacial score (nSPS) is 17.6. The molecule has 144 valence electrons. The fourth-order valence-corrected chi connectivity index (χ4v) is 2.60. The number of ether oxygens (including phenoxy) is 1. The van der Waals surface area contributed by atoms with E-state index in [0.717, 1.165) is 0 Å². The van der Waals surface area contributed by atoms with Crippen LogP contribution in [0, 0.1) is 10.1 Å². The van der Waals surface area contributed by atoms with Gasteiger partial charge in [-0.15, -0.1) is 0 Å². The first-order valence-corrected chi connectivity index (χ1v) is 8.61. The van der Waals surface area contributed by atoms with Crippen molar-refractivity contribution in [2.45, 2.75) is 19.9 Å². The lowest BCUT2D eigenvalue weighted by molar-refractivity contribution is -0.484. The van der Waals surface area contributed by atoms with Gasteiger partial charge in [-0.1, -0.05) is 0 Å². The van der Waals surface area contributed by atoms with Crippen LogP contribution >= 0.6 is 0 Å². The van der Waals surface area contributed by atoms with E-state index in [2.05, 4.69) is 20.3 Å². The molecule has 0 spiro atoms. The highest BCUT2D eigenvalue weighted by Crippen LogP contribution is 2.20. The van der Waals surface area contributed by atoms with Crippen molar-refractivity contribution < 1.29 is 14.8 Å². The third kappa shape index (κ3) is 4.50. The van der Waals surface area contributed by atoms with Crippen LogP contribution in [0.15, 0.2) is 63.5 Å². The summed E-state index contributed by atoms with van der Waals surface area (Å²) in [6.07, 6.45) is 0. The van der Waals surface area contributed by atoms with Crippen LogP contribution in [0.2, 0.25) is 0 Å². The van der Waals surface area contributed by atoms with Gasteiger partial charge < -0.3 is 15.2 Å². The average molecular weight is 381 g/mol. The van der Waals surface area contributed by atoms with E-state index >= 15 is 0 Å². The molecule has 0 aliphatic carbocycles. The van der Waals surface area contributed by atoms with Gasteiger partial charge in [-0.05, 0) is 62.4 Å². The number of anilines is 1. The highest BCUT2D eigenvalue weighted by atomic mass is 16.6. The quantitative estimate of drug-likeness (QED) is 0.607. The number of benzene rings is 2. The number of hydrogen-bond acceptors (Lipinski definition) is 6. The Morgan fingerprint density at radius 1 is 1.18 bits per heavy atom. The second-order valence-corrected chi connectivity index (χ2v) is 5.95. The molecule has 0 unspecified atom stereocenters. The molecule has 0 amide bonds. The SMILES string of the molecule is CCOc1ccc(NC2=NC(=Nc3ccc(O)cc3)N=C(C)[C@@H]2[N+](=O)[O-])cc1. The lowest BCUT2D eigenvalue weighted by Gasteiger charge is -2.18. The molecule has 2 aromatic rings. The molecule has 1 aliphatic heterocycles. The Kier molecular flexibility index (Phi) is 5.64. The first kappa shape index (κ1) is 19.0. The van der Waals surface area contributed by atoms with Crippen LogP contribution in [0.3, 0.4) is 0 Å². The molecule has 1 atom stereocenters. The van der Waals surface area contributed by atoms with Gasteiger partial charge in [0.2, 0.25) is 0 Å². The number of amidine groups is 1. The zero-order valence-electron chi connectivity index (χ0n) is 15.4. The molecule has 0 fully saturated rings. The first-order valence-electron chi connectivity index (χ1n) is 8.61. The minimum atomic E-state index is -1.19. The summed E-state index contributed by atoms with van der Waals surface area (Å²) in [7, 11) is 0. The third-order valence-electron chi connectivity index (χ3n) is 3.88. The van der Waals surface area contributed by atoms with Crippen LogP contribution < -0.4 is 10.1 Å². The lowest BCUT2D eigenvalue weighted by Crippen LogP contribution is -2.43. The van der Waals surface area contributed by atoms with Gasteiger partial charge >= 0.3 is 6.04 Å². The van der Waals surface area contributed by atoms with Crippen molar-refractivity contribution in [1.29, 1.82) is 0 Å². The number of aliphatic imine (C=N–C) groups is 3. The van der Waals surface area contributed by atoms with Crippen molar-refractivity contribution in [3.63, 3.8) is 0 Å². The van der Waals surface area contributed by atoms with E-state index in [4.69, 9.17) is 4.74 Å². The van der Waals surface area contributed by atoms with Crippen molar-refractivity contribution in [1.82, 2.24) is 0 Å². The zero-order valence-corrected chi connectivity index (χ0v) is 15.4.